The van der Waals surface area contributed by atoms with Crippen LogP contribution in [-0.2, 0) is 4.79 Å². The average molecular weight is 293 g/mol. The van der Waals surface area contributed by atoms with E-state index in [0.29, 0.717) is 44.0 Å². The number of likely N-dealkylation sites (tertiary alicyclic amines) is 1. The summed E-state index contributed by atoms with van der Waals surface area (Å²) in [4.78, 5) is 13.0. The number of benzene rings is 1. The summed E-state index contributed by atoms with van der Waals surface area (Å²) in [5, 5.41) is 19.3. The number of hydrogen-bond donors (Lipinski definition) is 2. The van der Waals surface area contributed by atoms with Crippen molar-refractivity contribution in [3.05, 3.63) is 23.8 Å². The number of hydrogen-bond acceptors (Lipinski definition) is 5. The molecule has 3 rings (SSSR count). The predicted molar refractivity (Wildman–Crippen MR) is 74.3 cm³/mol. The Morgan fingerprint density at radius 3 is 2.71 bits per heavy atom. The molecule has 1 unspecified atom stereocenters. The molecule has 2 aliphatic rings. The highest BCUT2D eigenvalue weighted by molar-refractivity contribution is 5.70. The lowest BCUT2D eigenvalue weighted by Gasteiger charge is -2.31. The molecule has 1 aromatic rings. The number of fused-ring (bicyclic) bond motifs is 1. The van der Waals surface area contributed by atoms with Gasteiger partial charge in [-0.3, -0.25) is 4.79 Å². The van der Waals surface area contributed by atoms with Crippen LogP contribution in [0, 0.1) is 5.92 Å². The van der Waals surface area contributed by atoms with E-state index in [4.69, 9.17) is 14.6 Å². The molecule has 2 N–H and O–H groups in total. The SMILES string of the molecule is O=C(O)C1CCN(CC(O)c2ccc3c(c2)OCO3)CC1. The van der Waals surface area contributed by atoms with Gasteiger partial charge in [0.1, 0.15) is 0 Å². The minimum atomic E-state index is -0.717. The molecule has 6 nitrogen and oxygen atoms in total. The van der Waals surface area contributed by atoms with Crippen LogP contribution in [0.25, 0.3) is 0 Å². The summed E-state index contributed by atoms with van der Waals surface area (Å²) in [5.41, 5.74) is 0.791. The number of aliphatic hydroxyl groups excluding tert-OH is 1. The highest BCUT2D eigenvalue weighted by Gasteiger charge is 2.26. The van der Waals surface area contributed by atoms with Gasteiger partial charge in [-0.1, -0.05) is 6.07 Å². The third kappa shape index (κ3) is 3.11. The molecule has 1 fully saturated rings. The highest BCUT2D eigenvalue weighted by Crippen LogP contribution is 2.34. The number of carboxylic acids is 1. The first-order chi connectivity index (χ1) is 10.1. The maximum Gasteiger partial charge on any atom is 0.306 e. The van der Waals surface area contributed by atoms with Gasteiger partial charge >= 0.3 is 5.97 Å². The van der Waals surface area contributed by atoms with E-state index in [1.807, 2.05) is 6.07 Å². The summed E-state index contributed by atoms with van der Waals surface area (Å²) in [6.45, 7) is 2.14. The monoisotopic (exact) mass is 293 g/mol. The van der Waals surface area contributed by atoms with Gasteiger partial charge in [0.05, 0.1) is 12.0 Å². The molecule has 114 valence electrons. The first kappa shape index (κ1) is 14.2. The number of piperidine rings is 1. The number of aliphatic carboxylic acids is 1. The Hall–Kier alpha value is -1.79. The number of β-amino-alcohol motifs (C(OH)–C–C–N with tert-alkyl or cyclic N) is 1. The van der Waals surface area contributed by atoms with E-state index in [9.17, 15) is 9.90 Å². The van der Waals surface area contributed by atoms with E-state index in [1.54, 1.807) is 12.1 Å². The van der Waals surface area contributed by atoms with Crippen molar-refractivity contribution in [3.63, 3.8) is 0 Å². The Morgan fingerprint density at radius 1 is 1.29 bits per heavy atom. The highest BCUT2D eigenvalue weighted by atomic mass is 16.7. The topological polar surface area (TPSA) is 79.2 Å². The largest absolute Gasteiger partial charge is 0.481 e. The summed E-state index contributed by atoms with van der Waals surface area (Å²) in [6.07, 6.45) is 0.674. The van der Waals surface area contributed by atoms with Crippen LogP contribution in [0.5, 0.6) is 11.5 Å². The summed E-state index contributed by atoms with van der Waals surface area (Å²) < 4.78 is 10.6. The van der Waals surface area contributed by atoms with Crippen molar-refractivity contribution in [3.8, 4) is 11.5 Å². The lowest BCUT2D eigenvalue weighted by molar-refractivity contribution is -0.143. The molecule has 2 heterocycles. The minimum absolute atomic E-state index is 0.220. The van der Waals surface area contributed by atoms with Crippen molar-refractivity contribution in [1.82, 2.24) is 4.90 Å². The third-order valence-electron chi connectivity index (χ3n) is 4.15. The Morgan fingerprint density at radius 2 is 2.00 bits per heavy atom. The number of rotatable bonds is 4. The van der Waals surface area contributed by atoms with E-state index in [2.05, 4.69) is 4.90 Å². The van der Waals surface area contributed by atoms with Gasteiger partial charge in [-0.15, -0.1) is 0 Å². The second kappa shape index (κ2) is 5.91. The fraction of sp³-hybridized carbons (Fsp3) is 0.533. The second-order valence-electron chi connectivity index (χ2n) is 5.54. The Balaban J connectivity index is 1.57. The normalized spacial score (nSPS) is 20.4. The zero-order valence-electron chi connectivity index (χ0n) is 11.7. The van der Waals surface area contributed by atoms with Gasteiger partial charge in [0.2, 0.25) is 6.79 Å². The van der Waals surface area contributed by atoms with Gasteiger partial charge in [-0.25, -0.2) is 0 Å². The number of carbonyl (C=O) groups is 1. The van der Waals surface area contributed by atoms with Crippen molar-refractivity contribution >= 4 is 5.97 Å². The smallest absolute Gasteiger partial charge is 0.306 e. The molecule has 1 saturated heterocycles. The molecule has 0 aliphatic carbocycles. The van der Waals surface area contributed by atoms with Crippen LogP contribution in [0.1, 0.15) is 24.5 Å². The summed E-state index contributed by atoms with van der Waals surface area (Å²) >= 11 is 0. The first-order valence-corrected chi connectivity index (χ1v) is 7.16. The minimum Gasteiger partial charge on any atom is -0.481 e. The Labute approximate surface area is 122 Å². The molecule has 1 aromatic carbocycles. The fourth-order valence-electron chi connectivity index (χ4n) is 2.83. The van der Waals surface area contributed by atoms with Gasteiger partial charge in [0.25, 0.3) is 0 Å². The standard InChI is InChI=1S/C15H19NO5/c17-12(8-16-5-3-10(4-6-16)15(18)19)11-1-2-13-14(7-11)21-9-20-13/h1-2,7,10,12,17H,3-6,8-9H2,(H,18,19). The third-order valence-corrected chi connectivity index (χ3v) is 4.15. The van der Waals surface area contributed by atoms with Gasteiger partial charge in [-0.2, -0.15) is 0 Å². The maximum atomic E-state index is 10.9. The van der Waals surface area contributed by atoms with Crippen molar-refractivity contribution in [2.75, 3.05) is 26.4 Å². The van der Waals surface area contributed by atoms with Crippen molar-refractivity contribution in [1.29, 1.82) is 0 Å². The van der Waals surface area contributed by atoms with E-state index in [-0.39, 0.29) is 12.7 Å². The van der Waals surface area contributed by atoms with Crippen LogP contribution in [0.3, 0.4) is 0 Å². The number of aliphatic hydroxyl groups is 1. The average Bonchev–Trinajstić information content (AvgIpc) is 2.95. The lowest BCUT2D eigenvalue weighted by atomic mass is 9.96. The second-order valence-corrected chi connectivity index (χ2v) is 5.54. The number of ether oxygens (including phenoxy) is 2. The number of nitrogens with zero attached hydrogens (tertiary/aromatic N) is 1. The number of carboxylic acid groups (broad SMARTS) is 1. The molecular formula is C15H19NO5. The molecule has 0 saturated carbocycles. The van der Waals surface area contributed by atoms with Crippen LogP contribution in [0.4, 0.5) is 0 Å². The van der Waals surface area contributed by atoms with Gasteiger partial charge in [-0.05, 0) is 43.6 Å². The first-order valence-electron chi connectivity index (χ1n) is 7.16. The summed E-state index contributed by atoms with van der Waals surface area (Å²) in [7, 11) is 0. The van der Waals surface area contributed by atoms with E-state index >= 15 is 0 Å². The van der Waals surface area contributed by atoms with Crippen LogP contribution in [0.2, 0.25) is 0 Å². The predicted octanol–water partition coefficient (Wildman–Crippen LogP) is 1.25. The molecule has 1 atom stereocenters. The Bertz CT molecular complexity index is 525. The fourth-order valence-corrected chi connectivity index (χ4v) is 2.83. The zero-order valence-corrected chi connectivity index (χ0v) is 11.7. The maximum absolute atomic E-state index is 10.9. The van der Waals surface area contributed by atoms with Gasteiger partial charge < -0.3 is 24.6 Å². The lowest BCUT2D eigenvalue weighted by Crippen LogP contribution is -2.38. The van der Waals surface area contributed by atoms with Crippen LogP contribution < -0.4 is 9.47 Å². The molecule has 0 bridgehead atoms. The van der Waals surface area contributed by atoms with Crippen LogP contribution in [-0.4, -0.2) is 47.5 Å². The molecule has 0 aromatic heterocycles. The summed E-state index contributed by atoms with van der Waals surface area (Å²) in [5.74, 6) is 0.402. The van der Waals surface area contributed by atoms with Crippen molar-refractivity contribution < 1.29 is 24.5 Å². The molecule has 21 heavy (non-hydrogen) atoms. The van der Waals surface area contributed by atoms with E-state index < -0.39 is 12.1 Å². The van der Waals surface area contributed by atoms with Crippen molar-refractivity contribution in [2.24, 2.45) is 5.92 Å². The molecule has 0 spiro atoms. The molecule has 6 heteroatoms. The van der Waals surface area contributed by atoms with E-state index in [1.165, 1.54) is 0 Å². The van der Waals surface area contributed by atoms with E-state index in [0.717, 1.165) is 5.56 Å². The van der Waals surface area contributed by atoms with Crippen molar-refractivity contribution in [2.45, 2.75) is 18.9 Å². The Kier molecular flexibility index (Phi) is 3.98. The molecule has 0 amide bonds. The quantitative estimate of drug-likeness (QED) is 0.869. The summed E-state index contributed by atoms with van der Waals surface area (Å²) in [6, 6.07) is 5.44. The van der Waals surface area contributed by atoms with Gasteiger partial charge in [0, 0.05) is 6.54 Å². The van der Waals surface area contributed by atoms with Crippen LogP contribution >= 0.6 is 0 Å². The molecule has 0 radical (unpaired) electrons. The zero-order chi connectivity index (χ0) is 14.8. The molecular weight excluding hydrogens is 274 g/mol. The van der Waals surface area contributed by atoms with Crippen LogP contribution in [0.15, 0.2) is 18.2 Å². The molecule has 2 aliphatic heterocycles. The van der Waals surface area contributed by atoms with Gasteiger partial charge in [0.15, 0.2) is 11.5 Å².